The largest absolute Gasteiger partial charge is 0.392 e. The summed E-state index contributed by atoms with van der Waals surface area (Å²) in [7, 11) is -3.28. The third-order valence-electron chi connectivity index (χ3n) is 2.35. The molecule has 0 saturated heterocycles. The van der Waals surface area contributed by atoms with Crippen LogP contribution in [0.4, 0.5) is 0 Å². The van der Waals surface area contributed by atoms with Crippen LogP contribution < -0.4 is 5.73 Å². The van der Waals surface area contributed by atoms with Crippen molar-refractivity contribution in [1.82, 2.24) is 4.31 Å². The zero-order valence-corrected chi connectivity index (χ0v) is 13.0. The molecule has 0 aliphatic heterocycles. The summed E-state index contributed by atoms with van der Waals surface area (Å²) in [5.41, 5.74) is 5.43. The Morgan fingerprint density at radius 2 is 1.82 bits per heavy atom. The van der Waals surface area contributed by atoms with Gasteiger partial charge in [-0.3, -0.25) is 0 Å². The van der Waals surface area contributed by atoms with Crippen molar-refractivity contribution in [2.75, 3.05) is 12.3 Å². The Kier molecular flexibility index (Phi) is 6.04. The fraction of sp³-hybridized carbons (Fsp3) is 0.909. The minimum atomic E-state index is -3.28. The lowest BCUT2D eigenvalue weighted by molar-refractivity contribution is 0.368. The average molecular weight is 280 g/mol. The van der Waals surface area contributed by atoms with Crippen LogP contribution in [0, 0.1) is 5.41 Å². The maximum absolute atomic E-state index is 12.2. The first-order valence-corrected chi connectivity index (χ1v) is 7.75. The standard InChI is InChI=1S/C11H24N2O2S2/c1-9(2)13(8-10(12)16)17(14,15)7-6-11(3,4)5/h9H,6-8H2,1-5H3,(H2,12,16). The summed E-state index contributed by atoms with van der Waals surface area (Å²) >= 11 is 4.79. The van der Waals surface area contributed by atoms with Crippen molar-refractivity contribution in [2.24, 2.45) is 11.1 Å². The Morgan fingerprint density at radius 3 is 2.12 bits per heavy atom. The molecule has 2 N–H and O–H groups in total. The van der Waals surface area contributed by atoms with E-state index in [1.165, 1.54) is 4.31 Å². The third-order valence-corrected chi connectivity index (χ3v) is 4.47. The van der Waals surface area contributed by atoms with Gasteiger partial charge in [0, 0.05) is 6.04 Å². The summed E-state index contributed by atoms with van der Waals surface area (Å²) in [6, 6.07) is -0.124. The lowest BCUT2D eigenvalue weighted by Gasteiger charge is -2.27. The van der Waals surface area contributed by atoms with Gasteiger partial charge in [0.15, 0.2) is 0 Å². The SMILES string of the molecule is CC(C)N(CC(N)=S)S(=O)(=O)CCC(C)(C)C. The molecule has 0 fully saturated rings. The smallest absolute Gasteiger partial charge is 0.214 e. The van der Waals surface area contributed by atoms with E-state index in [9.17, 15) is 8.42 Å². The van der Waals surface area contributed by atoms with Gasteiger partial charge in [-0.15, -0.1) is 0 Å². The van der Waals surface area contributed by atoms with Crippen LogP contribution in [0.15, 0.2) is 0 Å². The molecule has 0 atom stereocenters. The number of hydrogen-bond donors (Lipinski definition) is 1. The summed E-state index contributed by atoms with van der Waals surface area (Å²) < 4.78 is 25.7. The quantitative estimate of drug-likeness (QED) is 0.753. The second kappa shape index (κ2) is 6.11. The third kappa shape index (κ3) is 6.95. The molecule has 0 bridgehead atoms. The van der Waals surface area contributed by atoms with E-state index in [4.69, 9.17) is 18.0 Å². The Balaban J connectivity index is 4.79. The predicted octanol–water partition coefficient (Wildman–Crippen LogP) is 1.75. The van der Waals surface area contributed by atoms with Crippen molar-refractivity contribution in [3.63, 3.8) is 0 Å². The molecule has 102 valence electrons. The maximum Gasteiger partial charge on any atom is 0.214 e. The maximum atomic E-state index is 12.2. The van der Waals surface area contributed by atoms with Gasteiger partial charge in [-0.25, -0.2) is 8.42 Å². The van der Waals surface area contributed by atoms with Gasteiger partial charge >= 0.3 is 0 Å². The fourth-order valence-corrected chi connectivity index (χ4v) is 3.61. The van der Waals surface area contributed by atoms with Crippen molar-refractivity contribution in [3.05, 3.63) is 0 Å². The van der Waals surface area contributed by atoms with Crippen molar-refractivity contribution >= 4 is 27.2 Å². The van der Waals surface area contributed by atoms with E-state index in [-0.39, 0.29) is 28.7 Å². The monoisotopic (exact) mass is 280 g/mol. The second-order valence-corrected chi connectivity index (χ2v) is 8.30. The average Bonchev–Trinajstić information content (AvgIpc) is 2.09. The van der Waals surface area contributed by atoms with Crippen molar-refractivity contribution < 1.29 is 8.42 Å². The van der Waals surface area contributed by atoms with Crippen LogP contribution in [0.5, 0.6) is 0 Å². The van der Waals surface area contributed by atoms with E-state index in [0.29, 0.717) is 6.42 Å². The number of hydrogen-bond acceptors (Lipinski definition) is 3. The molecule has 0 heterocycles. The molecule has 0 unspecified atom stereocenters. The van der Waals surface area contributed by atoms with E-state index in [1.807, 2.05) is 34.6 Å². The van der Waals surface area contributed by atoms with Crippen molar-refractivity contribution in [3.8, 4) is 0 Å². The highest BCUT2D eigenvalue weighted by Gasteiger charge is 2.27. The summed E-state index contributed by atoms with van der Waals surface area (Å²) in [4.78, 5) is 0.207. The second-order valence-electron chi connectivity index (χ2n) is 5.73. The molecule has 6 heteroatoms. The summed E-state index contributed by atoms with van der Waals surface area (Å²) in [6.45, 7) is 9.85. The first-order valence-electron chi connectivity index (χ1n) is 5.73. The Morgan fingerprint density at radius 1 is 1.35 bits per heavy atom. The Labute approximate surface area is 111 Å². The summed E-state index contributed by atoms with van der Waals surface area (Å²) in [5, 5.41) is 0. The molecule has 0 amide bonds. The van der Waals surface area contributed by atoms with Gasteiger partial charge in [0.2, 0.25) is 10.0 Å². The lowest BCUT2D eigenvalue weighted by Crippen LogP contribution is -2.43. The Hall–Kier alpha value is -0.200. The molecular formula is C11H24N2O2S2. The summed E-state index contributed by atoms with van der Waals surface area (Å²) in [5.74, 6) is 0.136. The predicted molar refractivity (Wildman–Crippen MR) is 76.5 cm³/mol. The van der Waals surface area contributed by atoms with Gasteiger partial charge in [0.25, 0.3) is 0 Å². The van der Waals surface area contributed by atoms with Gasteiger partial charge in [0.1, 0.15) is 0 Å². The van der Waals surface area contributed by atoms with Crippen LogP contribution in [0.1, 0.15) is 41.0 Å². The highest BCUT2D eigenvalue weighted by Crippen LogP contribution is 2.21. The number of nitrogens with zero attached hydrogens (tertiary/aromatic N) is 1. The van der Waals surface area contributed by atoms with Crippen LogP contribution in [0.25, 0.3) is 0 Å². The van der Waals surface area contributed by atoms with Gasteiger partial charge in [0.05, 0.1) is 17.3 Å². The van der Waals surface area contributed by atoms with Crippen LogP contribution in [-0.2, 0) is 10.0 Å². The number of thiocarbonyl (C=S) groups is 1. The van der Waals surface area contributed by atoms with E-state index in [2.05, 4.69) is 0 Å². The minimum absolute atomic E-state index is 0.00105. The highest BCUT2D eigenvalue weighted by molar-refractivity contribution is 7.89. The van der Waals surface area contributed by atoms with Crippen LogP contribution in [0.3, 0.4) is 0 Å². The first kappa shape index (κ1) is 16.8. The molecule has 0 aromatic carbocycles. The lowest BCUT2D eigenvalue weighted by atomic mass is 9.94. The van der Waals surface area contributed by atoms with E-state index >= 15 is 0 Å². The molecule has 4 nitrogen and oxygen atoms in total. The zero-order chi connectivity index (χ0) is 13.9. The molecule has 0 radical (unpaired) electrons. The zero-order valence-electron chi connectivity index (χ0n) is 11.4. The van der Waals surface area contributed by atoms with E-state index in [0.717, 1.165) is 0 Å². The van der Waals surface area contributed by atoms with Gasteiger partial charge < -0.3 is 5.73 Å². The molecule has 0 rings (SSSR count). The van der Waals surface area contributed by atoms with E-state index < -0.39 is 10.0 Å². The molecule has 0 aliphatic rings. The molecule has 0 spiro atoms. The first-order chi connectivity index (χ1) is 7.46. The van der Waals surface area contributed by atoms with Crippen molar-refractivity contribution in [2.45, 2.75) is 47.1 Å². The fourth-order valence-electron chi connectivity index (χ4n) is 1.31. The van der Waals surface area contributed by atoms with Crippen LogP contribution in [-0.4, -0.2) is 36.1 Å². The van der Waals surface area contributed by atoms with Crippen LogP contribution >= 0.6 is 12.2 Å². The molecule has 0 aromatic heterocycles. The number of nitrogens with two attached hydrogens (primary N) is 1. The normalized spacial score (nSPS) is 13.4. The minimum Gasteiger partial charge on any atom is -0.392 e. The number of rotatable bonds is 6. The van der Waals surface area contributed by atoms with Gasteiger partial charge in [-0.05, 0) is 25.7 Å². The molecular weight excluding hydrogens is 256 g/mol. The number of sulfonamides is 1. The molecule has 0 saturated carbocycles. The topological polar surface area (TPSA) is 63.4 Å². The summed E-state index contributed by atoms with van der Waals surface area (Å²) in [6.07, 6.45) is 0.621. The Bertz CT molecular complexity index is 356. The molecule has 0 aromatic rings. The van der Waals surface area contributed by atoms with E-state index in [1.54, 1.807) is 0 Å². The highest BCUT2D eigenvalue weighted by atomic mass is 32.2. The van der Waals surface area contributed by atoms with Gasteiger partial charge in [-0.2, -0.15) is 4.31 Å². The van der Waals surface area contributed by atoms with Gasteiger partial charge in [-0.1, -0.05) is 33.0 Å². The van der Waals surface area contributed by atoms with Crippen molar-refractivity contribution in [1.29, 1.82) is 0 Å². The van der Waals surface area contributed by atoms with Crippen LogP contribution in [0.2, 0.25) is 0 Å². The molecule has 17 heavy (non-hydrogen) atoms. The molecule has 0 aliphatic carbocycles.